The van der Waals surface area contributed by atoms with E-state index in [0.717, 1.165) is 19.0 Å². The van der Waals surface area contributed by atoms with Gasteiger partial charge in [-0.25, -0.2) is 0 Å². The Morgan fingerprint density at radius 1 is 1.39 bits per heavy atom. The van der Waals surface area contributed by atoms with Crippen LogP contribution >= 0.6 is 24.0 Å². The van der Waals surface area contributed by atoms with E-state index < -0.39 is 0 Å². The zero-order chi connectivity index (χ0) is 12.5. The largest absolute Gasteiger partial charge is 0.355 e. The number of aliphatic imine (C=N–C) groups is 1. The highest BCUT2D eigenvalue weighted by Gasteiger charge is 2.20. The van der Waals surface area contributed by atoms with Crippen LogP contribution in [-0.4, -0.2) is 50.1 Å². The molecule has 1 heterocycles. The molecule has 1 aliphatic heterocycles. The van der Waals surface area contributed by atoms with Crippen LogP contribution in [0, 0.1) is 0 Å². The van der Waals surface area contributed by atoms with Gasteiger partial charge < -0.3 is 10.6 Å². The lowest BCUT2D eigenvalue weighted by Gasteiger charge is -2.27. The molecule has 0 aromatic rings. The number of hydrogen-bond acceptors (Lipinski definition) is 2. The van der Waals surface area contributed by atoms with E-state index >= 15 is 0 Å². The molecule has 0 aromatic heterocycles. The van der Waals surface area contributed by atoms with Gasteiger partial charge in [0, 0.05) is 26.2 Å². The smallest absolute Gasteiger partial charge is 0.191 e. The van der Waals surface area contributed by atoms with Crippen LogP contribution in [0.5, 0.6) is 0 Å². The molecule has 1 rings (SSSR count). The zero-order valence-electron chi connectivity index (χ0n) is 11.6. The predicted molar refractivity (Wildman–Crippen MR) is 89.9 cm³/mol. The third-order valence-electron chi connectivity index (χ3n) is 3.27. The molecule has 2 N–H and O–H groups in total. The summed E-state index contributed by atoms with van der Waals surface area (Å²) in [5, 5.41) is 6.57. The number of halogens is 1. The summed E-state index contributed by atoms with van der Waals surface area (Å²) in [6.45, 7) is 10.2. The average Bonchev–Trinajstić information content (AvgIpc) is 2.87. The Bertz CT molecular complexity index is 249. The molecular formula is C13H27IN4. The van der Waals surface area contributed by atoms with E-state index in [1.807, 2.05) is 6.08 Å². The monoisotopic (exact) mass is 366 g/mol. The van der Waals surface area contributed by atoms with E-state index in [0.29, 0.717) is 6.04 Å². The van der Waals surface area contributed by atoms with Crippen LogP contribution in [0.25, 0.3) is 0 Å². The van der Waals surface area contributed by atoms with Gasteiger partial charge in [0.1, 0.15) is 0 Å². The number of guanidine groups is 1. The highest BCUT2D eigenvalue weighted by molar-refractivity contribution is 14.0. The second-order valence-corrected chi connectivity index (χ2v) is 4.43. The van der Waals surface area contributed by atoms with Crippen molar-refractivity contribution in [3.05, 3.63) is 12.7 Å². The van der Waals surface area contributed by atoms with E-state index in [-0.39, 0.29) is 24.0 Å². The fourth-order valence-corrected chi connectivity index (χ4v) is 2.24. The van der Waals surface area contributed by atoms with Crippen LogP contribution in [0.1, 0.15) is 26.2 Å². The van der Waals surface area contributed by atoms with Crippen molar-refractivity contribution in [3.63, 3.8) is 0 Å². The van der Waals surface area contributed by atoms with E-state index in [9.17, 15) is 0 Å². The lowest BCUT2D eigenvalue weighted by atomic mass is 10.2. The van der Waals surface area contributed by atoms with Gasteiger partial charge in [-0.15, -0.1) is 30.6 Å². The third kappa shape index (κ3) is 6.04. The summed E-state index contributed by atoms with van der Waals surface area (Å²) in [6, 6.07) is 0.625. The van der Waals surface area contributed by atoms with Crippen LogP contribution in [0.3, 0.4) is 0 Å². The molecule has 1 fully saturated rings. The van der Waals surface area contributed by atoms with E-state index in [1.165, 1.54) is 32.4 Å². The number of likely N-dealkylation sites (tertiary alicyclic amines) is 1. The van der Waals surface area contributed by atoms with Crippen LogP contribution < -0.4 is 10.6 Å². The SMILES string of the molecule is C=CCNC(=NC)NCC(CC)N1CCCC1.I. The molecule has 0 aromatic carbocycles. The molecule has 0 saturated carbocycles. The van der Waals surface area contributed by atoms with Gasteiger partial charge in [-0.2, -0.15) is 0 Å². The van der Waals surface area contributed by atoms with Crippen LogP contribution in [0.2, 0.25) is 0 Å². The van der Waals surface area contributed by atoms with Gasteiger partial charge in [0.15, 0.2) is 5.96 Å². The Kier molecular flexibility index (Phi) is 10.4. The van der Waals surface area contributed by atoms with Gasteiger partial charge in [0.05, 0.1) is 0 Å². The summed E-state index contributed by atoms with van der Waals surface area (Å²) in [5.41, 5.74) is 0. The van der Waals surface area contributed by atoms with Crippen molar-refractivity contribution in [1.82, 2.24) is 15.5 Å². The molecule has 18 heavy (non-hydrogen) atoms. The molecule has 0 bridgehead atoms. The predicted octanol–water partition coefficient (Wildman–Crippen LogP) is 1.83. The maximum atomic E-state index is 4.19. The van der Waals surface area contributed by atoms with Gasteiger partial charge >= 0.3 is 0 Å². The lowest BCUT2D eigenvalue weighted by molar-refractivity contribution is 0.236. The van der Waals surface area contributed by atoms with Crippen LogP contribution in [0.15, 0.2) is 17.6 Å². The van der Waals surface area contributed by atoms with E-state index in [2.05, 4.69) is 34.0 Å². The maximum absolute atomic E-state index is 4.19. The molecule has 0 aliphatic carbocycles. The second-order valence-electron chi connectivity index (χ2n) is 4.43. The quantitative estimate of drug-likeness (QED) is 0.326. The molecule has 106 valence electrons. The minimum absolute atomic E-state index is 0. The summed E-state index contributed by atoms with van der Waals surface area (Å²) in [5.74, 6) is 0.863. The van der Waals surface area contributed by atoms with Gasteiger partial charge in [-0.05, 0) is 32.4 Å². The van der Waals surface area contributed by atoms with Gasteiger partial charge in [-0.3, -0.25) is 9.89 Å². The van der Waals surface area contributed by atoms with Gasteiger partial charge in [0.25, 0.3) is 0 Å². The molecule has 4 nitrogen and oxygen atoms in total. The molecular weight excluding hydrogens is 339 g/mol. The molecule has 1 saturated heterocycles. The topological polar surface area (TPSA) is 39.7 Å². The van der Waals surface area contributed by atoms with Crippen molar-refractivity contribution in [1.29, 1.82) is 0 Å². The van der Waals surface area contributed by atoms with Gasteiger partial charge in [0.2, 0.25) is 0 Å². The van der Waals surface area contributed by atoms with Crippen molar-refractivity contribution in [2.24, 2.45) is 4.99 Å². The average molecular weight is 366 g/mol. The standard InChI is InChI=1S/C13H26N4.HI/c1-4-8-15-13(14-3)16-11-12(5-2)17-9-6-7-10-17;/h4,12H,1,5-11H2,2-3H3,(H2,14,15,16);1H. The number of nitrogens with one attached hydrogen (secondary N) is 2. The molecule has 0 amide bonds. The zero-order valence-corrected chi connectivity index (χ0v) is 13.9. The van der Waals surface area contributed by atoms with E-state index in [1.54, 1.807) is 7.05 Å². The molecule has 1 unspecified atom stereocenters. The number of hydrogen-bond donors (Lipinski definition) is 2. The van der Waals surface area contributed by atoms with Crippen molar-refractivity contribution in [2.75, 3.05) is 33.2 Å². The molecule has 5 heteroatoms. The summed E-state index contributed by atoms with van der Waals surface area (Å²) in [7, 11) is 1.80. The molecule has 1 aliphatic rings. The first-order valence-corrected chi connectivity index (χ1v) is 6.61. The Labute approximate surface area is 128 Å². The number of nitrogens with zero attached hydrogens (tertiary/aromatic N) is 2. The summed E-state index contributed by atoms with van der Waals surface area (Å²) >= 11 is 0. The molecule has 0 spiro atoms. The van der Waals surface area contributed by atoms with Crippen molar-refractivity contribution >= 4 is 29.9 Å². The third-order valence-corrected chi connectivity index (χ3v) is 3.27. The van der Waals surface area contributed by atoms with Crippen molar-refractivity contribution < 1.29 is 0 Å². The van der Waals surface area contributed by atoms with Crippen LogP contribution in [0.4, 0.5) is 0 Å². The fraction of sp³-hybridized carbons (Fsp3) is 0.769. The Balaban J connectivity index is 0.00000289. The normalized spacial score (nSPS) is 18.0. The minimum atomic E-state index is 0. The maximum Gasteiger partial charge on any atom is 0.191 e. The van der Waals surface area contributed by atoms with Crippen molar-refractivity contribution in [2.45, 2.75) is 32.2 Å². The highest BCUT2D eigenvalue weighted by Crippen LogP contribution is 2.13. The summed E-state index contributed by atoms with van der Waals surface area (Å²) in [4.78, 5) is 6.76. The first-order chi connectivity index (χ1) is 8.31. The second kappa shape index (κ2) is 10.6. The minimum Gasteiger partial charge on any atom is -0.355 e. The first-order valence-electron chi connectivity index (χ1n) is 6.61. The molecule has 0 radical (unpaired) electrons. The summed E-state index contributed by atoms with van der Waals surface area (Å²) < 4.78 is 0. The van der Waals surface area contributed by atoms with Gasteiger partial charge in [-0.1, -0.05) is 13.0 Å². The number of rotatable bonds is 6. The van der Waals surface area contributed by atoms with Crippen LogP contribution in [-0.2, 0) is 0 Å². The Hall–Kier alpha value is -0.300. The molecule has 1 atom stereocenters. The first kappa shape index (κ1) is 17.7. The lowest BCUT2D eigenvalue weighted by Crippen LogP contribution is -2.46. The Morgan fingerprint density at radius 3 is 2.56 bits per heavy atom. The van der Waals surface area contributed by atoms with Crippen molar-refractivity contribution in [3.8, 4) is 0 Å². The summed E-state index contributed by atoms with van der Waals surface area (Å²) in [6.07, 6.45) is 5.72. The highest BCUT2D eigenvalue weighted by atomic mass is 127. The fourth-order valence-electron chi connectivity index (χ4n) is 2.24. The van der Waals surface area contributed by atoms with E-state index in [4.69, 9.17) is 0 Å². The Morgan fingerprint density at radius 2 is 2.06 bits per heavy atom.